The van der Waals surface area contributed by atoms with Crippen LogP contribution in [-0.4, -0.2) is 29.3 Å². The highest BCUT2D eigenvalue weighted by Gasteiger charge is 2.34. The molecule has 19 heavy (non-hydrogen) atoms. The zero-order valence-electron chi connectivity index (χ0n) is 11.8. The van der Waals surface area contributed by atoms with Crippen LogP contribution < -0.4 is 5.32 Å². The van der Waals surface area contributed by atoms with Crippen LogP contribution in [0.1, 0.15) is 37.9 Å². The summed E-state index contributed by atoms with van der Waals surface area (Å²) in [6.07, 6.45) is -0.354. The summed E-state index contributed by atoms with van der Waals surface area (Å²) in [5.41, 5.74) is 3.80. The summed E-state index contributed by atoms with van der Waals surface area (Å²) in [5.74, 6) is 0.129. The number of aromatic nitrogens is 1. The standard InChI is InChI=1S/C16H22N2O/c1-10(19)12-8-17-9-16(2,3)14-11-6-4-5-7-13(11)18-15(12)14/h4-7,10,12,17-19H,8-9H2,1-3H3. The molecule has 3 heteroatoms. The Balaban J connectivity index is 2.30. The Bertz CT molecular complexity index is 598. The van der Waals surface area contributed by atoms with Crippen molar-refractivity contribution < 1.29 is 5.11 Å². The first-order valence-corrected chi connectivity index (χ1v) is 7.00. The summed E-state index contributed by atoms with van der Waals surface area (Å²) in [7, 11) is 0. The Hall–Kier alpha value is -1.32. The second-order valence-corrected chi connectivity index (χ2v) is 6.32. The van der Waals surface area contributed by atoms with Gasteiger partial charge in [-0.3, -0.25) is 0 Å². The molecule has 2 atom stereocenters. The van der Waals surface area contributed by atoms with E-state index in [-0.39, 0.29) is 17.4 Å². The zero-order chi connectivity index (χ0) is 13.6. The molecule has 0 saturated carbocycles. The van der Waals surface area contributed by atoms with E-state index in [1.54, 1.807) is 0 Å². The van der Waals surface area contributed by atoms with Crippen molar-refractivity contribution >= 4 is 10.9 Å². The Kier molecular flexibility index (Phi) is 2.91. The fourth-order valence-corrected chi connectivity index (χ4v) is 3.31. The number of para-hydroxylation sites is 1. The molecule has 3 N–H and O–H groups in total. The van der Waals surface area contributed by atoms with Crippen LogP contribution in [0.15, 0.2) is 24.3 Å². The number of hydrogen-bond donors (Lipinski definition) is 3. The van der Waals surface area contributed by atoms with Crippen LogP contribution in [0.5, 0.6) is 0 Å². The lowest BCUT2D eigenvalue weighted by Crippen LogP contribution is -2.32. The first kappa shape index (κ1) is 12.7. The summed E-state index contributed by atoms with van der Waals surface area (Å²) >= 11 is 0. The third-order valence-electron chi connectivity index (χ3n) is 4.30. The van der Waals surface area contributed by atoms with Crippen LogP contribution in [0.25, 0.3) is 10.9 Å². The van der Waals surface area contributed by atoms with Gasteiger partial charge in [-0.05, 0) is 18.6 Å². The van der Waals surface area contributed by atoms with Crippen molar-refractivity contribution in [1.29, 1.82) is 0 Å². The maximum atomic E-state index is 10.1. The highest BCUT2D eigenvalue weighted by Crippen LogP contribution is 2.39. The van der Waals surface area contributed by atoms with Crippen molar-refractivity contribution in [2.45, 2.75) is 38.2 Å². The van der Waals surface area contributed by atoms with Crippen molar-refractivity contribution in [2.75, 3.05) is 13.1 Å². The van der Waals surface area contributed by atoms with Crippen LogP contribution in [0.4, 0.5) is 0 Å². The van der Waals surface area contributed by atoms with Gasteiger partial charge in [0, 0.05) is 41.0 Å². The minimum absolute atomic E-state index is 0.0680. The Morgan fingerprint density at radius 2 is 2.05 bits per heavy atom. The molecule has 1 aliphatic heterocycles. The summed E-state index contributed by atoms with van der Waals surface area (Å²) < 4.78 is 0. The van der Waals surface area contributed by atoms with Gasteiger partial charge in [-0.2, -0.15) is 0 Å². The van der Waals surface area contributed by atoms with Crippen LogP contribution in [0.2, 0.25) is 0 Å². The Morgan fingerprint density at radius 1 is 1.32 bits per heavy atom. The van der Waals surface area contributed by atoms with Crippen LogP contribution in [0, 0.1) is 0 Å². The molecule has 1 aromatic carbocycles. The number of aliphatic hydroxyl groups is 1. The molecule has 2 heterocycles. The molecule has 2 unspecified atom stereocenters. The van der Waals surface area contributed by atoms with Crippen molar-refractivity contribution in [2.24, 2.45) is 0 Å². The van der Waals surface area contributed by atoms with E-state index in [0.29, 0.717) is 0 Å². The fourth-order valence-electron chi connectivity index (χ4n) is 3.31. The summed E-state index contributed by atoms with van der Waals surface area (Å²) in [6.45, 7) is 8.17. The Morgan fingerprint density at radius 3 is 2.79 bits per heavy atom. The zero-order valence-corrected chi connectivity index (χ0v) is 11.8. The van der Waals surface area contributed by atoms with Crippen molar-refractivity contribution in [3.63, 3.8) is 0 Å². The monoisotopic (exact) mass is 258 g/mol. The van der Waals surface area contributed by atoms with E-state index in [4.69, 9.17) is 0 Å². The normalized spacial score (nSPS) is 23.9. The molecule has 0 aliphatic carbocycles. The number of H-pyrrole nitrogens is 1. The van der Waals surface area contributed by atoms with Gasteiger partial charge < -0.3 is 15.4 Å². The van der Waals surface area contributed by atoms with Crippen LogP contribution >= 0.6 is 0 Å². The van der Waals surface area contributed by atoms with E-state index >= 15 is 0 Å². The first-order valence-electron chi connectivity index (χ1n) is 7.00. The second kappa shape index (κ2) is 4.36. The molecule has 0 bridgehead atoms. The highest BCUT2D eigenvalue weighted by molar-refractivity contribution is 5.86. The number of hydrogen-bond acceptors (Lipinski definition) is 2. The average Bonchev–Trinajstić information content (AvgIpc) is 2.67. The second-order valence-electron chi connectivity index (χ2n) is 6.32. The molecule has 0 spiro atoms. The van der Waals surface area contributed by atoms with E-state index in [9.17, 15) is 5.11 Å². The number of nitrogens with one attached hydrogen (secondary N) is 2. The van der Waals surface area contributed by atoms with Gasteiger partial charge in [0.05, 0.1) is 6.10 Å². The largest absolute Gasteiger partial charge is 0.393 e. The fraction of sp³-hybridized carbons (Fsp3) is 0.500. The number of rotatable bonds is 1. The highest BCUT2D eigenvalue weighted by atomic mass is 16.3. The molecule has 0 radical (unpaired) electrons. The predicted octanol–water partition coefficient (Wildman–Crippen LogP) is 2.51. The molecule has 0 amide bonds. The smallest absolute Gasteiger partial charge is 0.0607 e. The third kappa shape index (κ3) is 1.97. The van der Waals surface area contributed by atoms with E-state index in [1.807, 2.05) is 6.92 Å². The first-order chi connectivity index (χ1) is 9.00. The molecule has 3 rings (SSSR count). The summed E-state index contributed by atoms with van der Waals surface area (Å²) in [4.78, 5) is 3.54. The predicted molar refractivity (Wildman–Crippen MR) is 78.6 cm³/mol. The summed E-state index contributed by atoms with van der Waals surface area (Å²) in [6, 6.07) is 8.44. The maximum Gasteiger partial charge on any atom is 0.0607 e. The van der Waals surface area contributed by atoms with E-state index in [2.05, 4.69) is 48.4 Å². The van der Waals surface area contributed by atoms with Crippen LogP contribution in [0.3, 0.4) is 0 Å². The van der Waals surface area contributed by atoms with Gasteiger partial charge in [0.15, 0.2) is 0 Å². The topological polar surface area (TPSA) is 48.0 Å². The van der Waals surface area contributed by atoms with Gasteiger partial charge in [-0.1, -0.05) is 32.0 Å². The minimum atomic E-state index is -0.354. The van der Waals surface area contributed by atoms with Gasteiger partial charge in [0.25, 0.3) is 0 Å². The van der Waals surface area contributed by atoms with E-state index in [0.717, 1.165) is 13.1 Å². The van der Waals surface area contributed by atoms with Gasteiger partial charge >= 0.3 is 0 Å². The van der Waals surface area contributed by atoms with Gasteiger partial charge in [-0.25, -0.2) is 0 Å². The quantitative estimate of drug-likeness (QED) is 0.736. The maximum absolute atomic E-state index is 10.1. The molecular formula is C16H22N2O. The molecule has 2 aromatic rings. The molecule has 3 nitrogen and oxygen atoms in total. The lowest BCUT2D eigenvalue weighted by Gasteiger charge is -2.24. The lowest BCUT2D eigenvalue weighted by atomic mass is 9.81. The minimum Gasteiger partial charge on any atom is -0.393 e. The van der Waals surface area contributed by atoms with Gasteiger partial charge in [0.2, 0.25) is 0 Å². The summed E-state index contributed by atoms with van der Waals surface area (Å²) in [5, 5.41) is 14.9. The molecule has 0 saturated heterocycles. The number of aromatic amines is 1. The van der Waals surface area contributed by atoms with Gasteiger partial charge in [0.1, 0.15) is 0 Å². The van der Waals surface area contributed by atoms with Crippen LogP contribution in [-0.2, 0) is 5.41 Å². The van der Waals surface area contributed by atoms with Gasteiger partial charge in [-0.15, -0.1) is 0 Å². The molecule has 102 valence electrons. The van der Waals surface area contributed by atoms with E-state index in [1.165, 1.54) is 22.2 Å². The number of aliphatic hydroxyl groups excluding tert-OH is 1. The SMILES string of the molecule is CC(O)C1CNCC(C)(C)c2c1[nH]c1ccccc21. The third-order valence-corrected chi connectivity index (χ3v) is 4.30. The molecule has 1 aromatic heterocycles. The number of fused-ring (bicyclic) bond motifs is 3. The average molecular weight is 258 g/mol. The lowest BCUT2D eigenvalue weighted by molar-refractivity contribution is 0.160. The number of benzene rings is 1. The molecular weight excluding hydrogens is 236 g/mol. The Labute approximate surface area is 114 Å². The van der Waals surface area contributed by atoms with Crippen molar-refractivity contribution in [3.8, 4) is 0 Å². The van der Waals surface area contributed by atoms with Crippen molar-refractivity contribution in [1.82, 2.24) is 10.3 Å². The molecule has 1 aliphatic rings. The van der Waals surface area contributed by atoms with E-state index < -0.39 is 0 Å². The molecule has 0 fully saturated rings. The van der Waals surface area contributed by atoms with Crippen molar-refractivity contribution in [3.05, 3.63) is 35.5 Å².